The van der Waals surface area contributed by atoms with Crippen molar-refractivity contribution in [2.45, 2.75) is 13.8 Å². The molecule has 2 aromatic carbocycles. The first-order valence-electron chi connectivity index (χ1n) is 7.77. The molecule has 0 aromatic heterocycles. The van der Waals surface area contributed by atoms with Crippen molar-refractivity contribution in [1.82, 2.24) is 5.43 Å². The molecular weight excluding hydrogens is 316 g/mol. The van der Waals surface area contributed by atoms with E-state index in [2.05, 4.69) is 16.4 Å². The van der Waals surface area contributed by atoms with Crippen LogP contribution in [0.15, 0.2) is 47.6 Å². The van der Waals surface area contributed by atoms with Crippen LogP contribution in [-0.2, 0) is 4.79 Å². The van der Waals surface area contributed by atoms with Crippen LogP contribution in [0, 0.1) is 26.2 Å². The lowest BCUT2D eigenvalue weighted by Gasteiger charge is -2.10. The van der Waals surface area contributed by atoms with Gasteiger partial charge in [-0.1, -0.05) is 24.1 Å². The van der Waals surface area contributed by atoms with Crippen LogP contribution in [0.2, 0.25) is 0 Å². The zero-order chi connectivity index (χ0) is 18.1. The Labute approximate surface area is 147 Å². The van der Waals surface area contributed by atoms with Gasteiger partial charge in [-0.05, 0) is 54.8 Å². The minimum absolute atomic E-state index is 0.0953. The van der Waals surface area contributed by atoms with Crippen molar-refractivity contribution >= 4 is 12.1 Å². The Morgan fingerprint density at radius 2 is 1.84 bits per heavy atom. The van der Waals surface area contributed by atoms with Crippen LogP contribution in [-0.4, -0.2) is 25.3 Å². The monoisotopic (exact) mass is 336 g/mol. The van der Waals surface area contributed by atoms with E-state index in [1.54, 1.807) is 18.3 Å². The highest BCUT2D eigenvalue weighted by Gasteiger charge is 2.06. The third kappa shape index (κ3) is 5.70. The number of nitrogens with zero attached hydrogens (tertiary/aromatic N) is 1. The van der Waals surface area contributed by atoms with Gasteiger partial charge in [0.25, 0.3) is 5.91 Å². The Hall–Kier alpha value is -3.26. The summed E-state index contributed by atoms with van der Waals surface area (Å²) >= 11 is 0. The highest BCUT2D eigenvalue weighted by atomic mass is 16.5. The molecule has 0 aliphatic heterocycles. The minimum atomic E-state index is -0.326. The molecule has 5 heteroatoms. The van der Waals surface area contributed by atoms with Crippen LogP contribution in [0.3, 0.4) is 0 Å². The SMILES string of the molecule is C#CCOc1ccc(/C=N\NC(=O)COc2c(C)cccc2C)cc1. The van der Waals surface area contributed by atoms with E-state index in [4.69, 9.17) is 15.9 Å². The van der Waals surface area contributed by atoms with Crippen LogP contribution >= 0.6 is 0 Å². The number of rotatable bonds is 7. The molecule has 0 saturated heterocycles. The van der Waals surface area contributed by atoms with E-state index in [1.165, 1.54) is 0 Å². The van der Waals surface area contributed by atoms with Crippen molar-refractivity contribution in [2.24, 2.45) is 5.10 Å². The summed E-state index contributed by atoms with van der Waals surface area (Å²) in [5, 5.41) is 3.91. The fourth-order valence-electron chi connectivity index (χ4n) is 2.15. The van der Waals surface area contributed by atoms with E-state index in [1.807, 2.05) is 44.2 Å². The maximum absolute atomic E-state index is 11.8. The van der Waals surface area contributed by atoms with Gasteiger partial charge >= 0.3 is 0 Å². The average molecular weight is 336 g/mol. The molecule has 0 heterocycles. The van der Waals surface area contributed by atoms with Gasteiger partial charge < -0.3 is 9.47 Å². The molecule has 0 radical (unpaired) electrons. The number of nitrogens with one attached hydrogen (secondary N) is 1. The van der Waals surface area contributed by atoms with E-state index in [-0.39, 0.29) is 19.1 Å². The summed E-state index contributed by atoms with van der Waals surface area (Å²) in [4.78, 5) is 11.8. The first kappa shape index (κ1) is 18.1. The summed E-state index contributed by atoms with van der Waals surface area (Å²) in [7, 11) is 0. The molecule has 0 atom stereocenters. The minimum Gasteiger partial charge on any atom is -0.483 e. The van der Waals surface area contributed by atoms with Crippen LogP contribution in [0.25, 0.3) is 0 Å². The maximum atomic E-state index is 11.8. The molecule has 2 aromatic rings. The second-order valence-electron chi connectivity index (χ2n) is 5.36. The topological polar surface area (TPSA) is 59.9 Å². The predicted molar refractivity (Wildman–Crippen MR) is 97.9 cm³/mol. The molecular formula is C20H20N2O3. The number of hydrazone groups is 1. The molecule has 1 N–H and O–H groups in total. The molecule has 0 spiro atoms. The third-order valence-corrected chi connectivity index (χ3v) is 3.36. The number of hydrogen-bond donors (Lipinski definition) is 1. The number of carbonyl (C=O) groups excluding carboxylic acids is 1. The Morgan fingerprint density at radius 1 is 1.16 bits per heavy atom. The second kappa shape index (κ2) is 9.14. The van der Waals surface area contributed by atoms with Crippen molar-refractivity contribution in [2.75, 3.05) is 13.2 Å². The number of amides is 1. The van der Waals surface area contributed by atoms with Gasteiger partial charge in [0.15, 0.2) is 6.61 Å². The fourth-order valence-corrected chi connectivity index (χ4v) is 2.15. The van der Waals surface area contributed by atoms with E-state index < -0.39 is 0 Å². The smallest absolute Gasteiger partial charge is 0.277 e. The molecule has 1 amide bonds. The van der Waals surface area contributed by atoms with Gasteiger partial charge in [-0.25, -0.2) is 5.43 Å². The number of aryl methyl sites for hydroxylation is 2. The standard InChI is InChI=1S/C20H20N2O3/c1-4-12-24-18-10-8-17(9-11-18)13-21-22-19(23)14-25-20-15(2)6-5-7-16(20)3/h1,5-11,13H,12,14H2,2-3H3,(H,22,23)/b21-13-. The van der Waals surface area contributed by atoms with Crippen molar-refractivity contribution in [1.29, 1.82) is 0 Å². The van der Waals surface area contributed by atoms with Crippen molar-refractivity contribution in [3.8, 4) is 23.8 Å². The zero-order valence-corrected chi connectivity index (χ0v) is 14.3. The van der Waals surface area contributed by atoms with Crippen LogP contribution in [0.4, 0.5) is 0 Å². The van der Waals surface area contributed by atoms with Crippen molar-refractivity contribution < 1.29 is 14.3 Å². The quantitative estimate of drug-likeness (QED) is 0.480. The Bertz CT molecular complexity index is 769. The maximum Gasteiger partial charge on any atom is 0.277 e. The van der Waals surface area contributed by atoms with Crippen LogP contribution < -0.4 is 14.9 Å². The lowest BCUT2D eigenvalue weighted by atomic mass is 10.1. The molecule has 0 bridgehead atoms. The predicted octanol–water partition coefficient (Wildman–Crippen LogP) is 2.84. The molecule has 2 rings (SSSR count). The van der Waals surface area contributed by atoms with Crippen LogP contribution in [0.1, 0.15) is 16.7 Å². The van der Waals surface area contributed by atoms with Gasteiger partial charge in [0.1, 0.15) is 18.1 Å². The zero-order valence-electron chi connectivity index (χ0n) is 14.3. The number of benzene rings is 2. The van der Waals surface area contributed by atoms with Gasteiger partial charge in [0.05, 0.1) is 6.21 Å². The molecule has 0 saturated carbocycles. The highest BCUT2D eigenvalue weighted by Crippen LogP contribution is 2.21. The molecule has 5 nitrogen and oxygen atoms in total. The van der Waals surface area contributed by atoms with Gasteiger partial charge in [0, 0.05) is 0 Å². The summed E-state index contributed by atoms with van der Waals surface area (Å²) in [6, 6.07) is 13.0. The van der Waals surface area contributed by atoms with Crippen LogP contribution in [0.5, 0.6) is 11.5 Å². The summed E-state index contributed by atoms with van der Waals surface area (Å²) in [6.45, 7) is 4.01. The molecule has 25 heavy (non-hydrogen) atoms. The summed E-state index contributed by atoms with van der Waals surface area (Å²) in [5.74, 6) is 3.48. The second-order valence-corrected chi connectivity index (χ2v) is 5.36. The molecule has 0 aliphatic rings. The average Bonchev–Trinajstić information content (AvgIpc) is 2.60. The Balaban J connectivity index is 1.81. The van der Waals surface area contributed by atoms with Gasteiger partial charge in [-0.2, -0.15) is 5.10 Å². The van der Waals surface area contributed by atoms with Gasteiger partial charge in [0.2, 0.25) is 0 Å². The summed E-state index contributed by atoms with van der Waals surface area (Å²) in [5.41, 5.74) is 5.24. The lowest BCUT2D eigenvalue weighted by Crippen LogP contribution is -2.25. The number of para-hydroxylation sites is 1. The Morgan fingerprint density at radius 3 is 2.48 bits per heavy atom. The number of carbonyl (C=O) groups is 1. The fraction of sp³-hybridized carbons (Fsp3) is 0.200. The molecule has 0 aliphatic carbocycles. The summed E-state index contributed by atoms with van der Waals surface area (Å²) < 4.78 is 10.8. The third-order valence-electron chi connectivity index (χ3n) is 3.36. The van der Waals surface area contributed by atoms with Crippen molar-refractivity contribution in [3.05, 3.63) is 59.2 Å². The molecule has 128 valence electrons. The summed E-state index contributed by atoms with van der Waals surface area (Å²) in [6.07, 6.45) is 6.68. The van der Waals surface area contributed by atoms with Gasteiger partial charge in [-0.3, -0.25) is 4.79 Å². The number of terminal acetylenes is 1. The van der Waals surface area contributed by atoms with Crippen molar-refractivity contribution in [3.63, 3.8) is 0 Å². The largest absolute Gasteiger partial charge is 0.483 e. The number of ether oxygens (including phenoxy) is 2. The van der Waals surface area contributed by atoms with E-state index in [0.717, 1.165) is 22.4 Å². The normalized spacial score (nSPS) is 10.3. The highest BCUT2D eigenvalue weighted by molar-refractivity contribution is 5.83. The first-order valence-corrected chi connectivity index (χ1v) is 7.77. The number of hydrogen-bond acceptors (Lipinski definition) is 4. The molecule has 0 fully saturated rings. The van der Waals surface area contributed by atoms with E-state index in [9.17, 15) is 4.79 Å². The van der Waals surface area contributed by atoms with E-state index >= 15 is 0 Å². The molecule has 0 unspecified atom stereocenters. The Kier molecular flexibility index (Phi) is 6.61. The first-order chi connectivity index (χ1) is 12.1. The van der Waals surface area contributed by atoms with E-state index in [0.29, 0.717) is 5.75 Å². The van der Waals surface area contributed by atoms with Gasteiger partial charge in [-0.15, -0.1) is 6.42 Å². The lowest BCUT2D eigenvalue weighted by molar-refractivity contribution is -0.123.